The molecule has 0 aliphatic carbocycles. The van der Waals surface area contributed by atoms with Crippen molar-refractivity contribution >= 4 is 75.4 Å². The van der Waals surface area contributed by atoms with Gasteiger partial charge >= 0.3 is 0 Å². The summed E-state index contributed by atoms with van der Waals surface area (Å²) in [5, 5.41) is 12.2. The highest BCUT2D eigenvalue weighted by atomic mass is 19.2. The minimum atomic E-state index is -0.869. The zero-order chi connectivity index (χ0) is 27.4. The van der Waals surface area contributed by atoms with Crippen molar-refractivity contribution in [2.24, 2.45) is 0 Å². The molecule has 196 valence electrons. The van der Waals surface area contributed by atoms with E-state index in [9.17, 15) is 17.6 Å². The minimum absolute atomic E-state index is 0.286. The minimum Gasteiger partial charge on any atom is -0.204 e. The molecule has 40 heavy (non-hydrogen) atoms. The molecule has 0 saturated carbocycles. The number of halogens is 4. The summed E-state index contributed by atoms with van der Waals surface area (Å²) in [6, 6.07) is 19.7. The van der Waals surface area contributed by atoms with Gasteiger partial charge in [-0.25, -0.2) is 17.6 Å². The van der Waals surface area contributed by atoms with E-state index in [-0.39, 0.29) is 5.92 Å². The van der Waals surface area contributed by atoms with Crippen LogP contribution < -0.4 is 0 Å². The summed E-state index contributed by atoms with van der Waals surface area (Å²) in [6.45, 7) is 4.39. The van der Waals surface area contributed by atoms with Crippen LogP contribution in [-0.2, 0) is 0 Å². The van der Waals surface area contributed by atoms with Gasteiger partial charge in [-0.1, -0.05) is 57.0 Å². The smallest absolute Gasteiger partial charge is 0.159 e. The molecule has 0 heterocycles. The summed E-state index contributed by atoms with van der Waals surface area (Å²) in [7, 11) is 0. The predicted molar refractivity (Wildman–Crippen MR) is 159 cm³/mol. The third-order valence-electron chi connectivity index (χ3n) is 9.05. The van der Waals surface area contributed by atoms with Crippen LogP contribution in [0.2, 0.25) is 0 Å². The van der Waals surface area contributed by atoms with Gasteiger partial charge in [0.2, 0.25) is 0 Å². The van der Waals surface area contributed by atoms with Crippen molar-refractivity contribution in [3.63, 3.8) is 0 Å². The third kappa shape index (κ3) is 3.02. The summed E-state index contributed by atoms with van der Waals surface area (Å²) >= 11 is 0. The van der Waals surface area contributed by atoms with Crippen LogP contribution in [0.25, 0.3) is 75.4 Å². The topological polar surface area (TPSA) is 0 Å². The van der Waals surface area contributed by atoms with E-state index < -0.39 is 23.3 Å². The Balaban J connectivity index is 1.62. The number of benzene rings is 6. The molecular formula is C36H24F4. The molecule has 0 aliphatic heterocycles. The van der Waals surface area contributed by atoms with Crippen LogP contribution >= 0.6 is 0 Å². The van der Waals surface area contributed by atoms with E-state index in [0.29, 0.717) is 21.5 Å². The van der Waals surface area contributed by atoms with E-state index in [2.05, 4.69) is 38.1 Å². The van der Waals surface area contributed by atoms with E-state index >= 15 is 0 Å². The Bertz CT molecular complexity index is 2310. The van der Waals surface area contributed by atoms with Crippen LogP contribution in [0.5, 0.6) is 0 Å². The van der Waals surface area contributed by atoms with Crippen LogP contribution in [0, 0.1) is 23.3 Å². The maximum atomic E-state index is 14.6. The highest BCUT2D eigenvalue weighted by Crippen LogP contribution is 2.48. The van der Waals surface area contributed by atoms with Gasteiger partial charge in [0.25, 0.3) is 0 Å². The van der Waals surface area contributed by atoms with Crippen LogP contribution in [0.3, 0.4) is 0 Å². The van der Waals surface area contributed by atoms with Gasteiger partial charge in [-0.15, -0.1) is 0 Å². The van der Waals surface area contributed by atoms with Gasteiger partial charge in [0.15, 0.2) is 23.3 Å². The van der Waals surface area contributed by atoms with Crippen molar-refractivity contribution in [3.05, 3.63) is 95.6 Å². The van der Waals surface area contributed by atoms with E-state index in [1.165, 1.54) is 24.3 Å². The number of hydrogen-bond donors (Lipinski definition) is 0. The molecule has 1 atom stereocenters. The van der Waals surface area contributed by atoms with Crippen molar-refractivity contribution in [2.75, 3.05) is 0 Å². The van der Waals surface area contributed by atoms with Crippen molar-refractivity contribution < 1.29 is 17.6 Å². The molecule has 8 rings (SSSR count). The molecule has 0 spiro atoms. The summed E-state index contributed by atoms with van der Waals surface area (Å²) < 4.78 is 58.0. The van der Waals surface area contributed by atoms with Crippen molar-refractivity contribution in [1.29, 1.82) is 0 Å². The molecule has 4 heteroatoms. The molecule has 0 nitrogen and oxygen atoms in total. The van der Waals surface area contributed by atoms with Gasteiger partial charge in [0, 0.05) is 0 Å². The molecular weight excluding hydrogens is 508 g/mol. The Hall–Kier alpha value is -4.18. The summed E-state index contributed by atoms with van der Waals surface area (Å²) in [6.07, 6.45) is 3.22. The molecule has 0 saturated heterocycles. The van der Waals surface area contributed by atoms with Gasteiger partial charge < -0.3 is 0 Å². The fourth-order valence-corrected chi connectivity index (χ4v) is 7.08. The average Bonchev–Trinajstić information content (AvgIpc) is 3.41. The van der Waals surface area contributed by atoms with Gasteiger partial charge in [0.1, 0.15) is 0 Å². The predicted octanol–water partition coefficient (Wildman–Crippen LogP) is 11.5. The fourth-order valence-electron chi connectivity index (χ4n) is 7.08. The van der Waals surface area contributed by atoms with Crippen LogP contribution in [0.4, 0.5) is 17.6 Å². The zero-order valence-corrected chi connectivity index (χ0v) is 22.1. The summed E-state index contributed by atoms with van der Waals surface area (Å²) in [4.78, 5) is 0. The standard InChI is InChI=1S/C36H24F4/c1-3-4-6-17(2)18-9-27-22-12-29-24-14-32(38)31(37)13-23(24)20-8-5-7-19(35(20)29)21(22)11-30-26-16-34(40)33(39)15-25(26)28(10-18)36(27)30/h5,7-17H,3-4,6H2,1-2H3. The number of fused-ring (bicyclic) bond motifs is 9. The fraction of sp³-hybridized carbons (Fsp3) is 0.167. The second kappa shape index (κ2) is 8.17. The van der Waals surface area contributed by atoms with E-state index in [1.54, 1.807) is 0 Å². The van der Waals surface area contributed by atoms with Crippen LogP contribution in [-0.4, -0.2) is 0 Å². The summed E-state index contributed by atoms with van der Waals surface area (Å²) in [5.74, 6) is -3.17. The Morgan fingerprint density at radius 2 is 0.875 bits per heavy atom. The molecule has 1 unspecified atom stereocenters. The Kier molecular flexibility index (Phi) is 4.84. The SMILES string of the molecule is CCCCC(C)c1cc2c3cc(F)c(F)cc3c3cc4c(cc5c6cc(F)c(F)cc6c6cccc4c65)c(c1)c23. The van der Waals surface area contributed by atoms with Gasteiger partial charge in [-0.3, -0.25) is 0 Å². The Labute approximate surface area is 227 Å². The number of rotatable bonds is 4. The third-order valence-corrected chi connectivity index (χ3v) is 9.05. The highest BCUT2D eigenvalue weighted by Gasteiger charge is 2.22. The molecule has 0 aromatic heterocycles. The first-order valence-corrected chi connectivity index (χ1v) is 13.9. The Morgan fingerprint density at radius 3 is 1.35 bits per heavy atom. The normalized spacial score (nSPS) is 13.4. The van der Waals surface area contributed by atoms with E-state index in [4.69, 9.17) is 0 Å². The largest absolute Gasteiger partial charge is 0.204 e. The molecule has 8 aromatic rings. The number of unbranched alkanes of at least 4 members (excludes halogenated alkanes) is 1. The van der Waals surface area contributed by atoms with Crippen molar-refractivity contribution in [1.82, 2.24) is 0 Å². The molecule has 0 fully saturated rings. The lowest BCUT2D eigenvalue weighted by Gasteiger charge is -2.15. The molecule has 0 bridgehead atoms. The Morgan fingerprint density at radius 1 is 0.500 bits per heavy atom. The first kappa shape index (κ1) is 23.7. The molecule has 0 amide bonds. The average molecular weight is 533 g/mol. The zero-order valence-electron chi connectivity index (χ0n) is 22.1. The highest BCUT2D eigenvalue weighted by molar-refractivity contribution is 6.41. The first-order chi connectivity index (χ1) is 19.4. The van der Waals surface area contributed by atoms with E-state index in [1.807, 2.05) is 18.2 Å². The van der Waals surface area contributed by atoms with Gasteiger partial charge in [-0.05, 0) is 130 Å². The van der Waals surface area contributed by atoms with Crippen LogP contribution in [0.1, 0.15) is 44.6 Å². The monoisotopic (exact) mass is 532 g/mol. The molecule has 0 aliphatic rings. The van der Waals surface area contributed by atoms with Gasteiger partial charge in [0.05, 0.1) is 0 Å². The van der Waals surface area contributed by atoms with Gasteiger partial charge in [-0.2, -0.15) is 0 Å². The lowest BCUT2D eigenvalue weighted by Crippen LogP contribution is -1.94. The molecule has 0 N–H and O–H groups in total. The second-order valence-electron chi connectivity index (χ2n) is 11.3. The van der Waals surface area contributed by atoms with Crippen molar-refractivity contribution in [2.45, 2.75) is 39.0 Å². The molecule has 8 aromatic carbocycles. The van der Waals surface area contributed by atoms with Crippen molar-refractivity contribution in [3.8, 4) is 0 Å². The first-order valence-electron chi connectivity index (χ1n) is 13.9. The van der Waals surface area contributed by atoms with Crippen LogP contribution in [0.15, 0.2) is 66.7 Å². The quantitative estimate of drug-likeness (QED) is 0.156. The maximum absolute atomic E-state index is 14.6. The lowest BCUT2D eigenvalue weighted by atomic mass is 9.89. The molecule has 0 radical (unpaired) electrons. The number of hydrogen-bond acceptors (Lipinski definition) is 0. The second-order valence-corrected chi connectivity index (χ2v) is 11.3. The summed E-state index contributed by atoms with van der Waals surface area (Å²) in [5.41, 5.74) is 1.16. The van der Waals surface area contributed by atoms with E-state index in [0.717, 1.165) is 78.7 Å². The maximum Gasteiger partial charge on any atom is 0.159 e. The lowest BCUT2D eigenvalue weighted by molar-refractivity contribution is 0.511.